The highest BCUT2D eigenvalue weighted by Crippen LogP contribution is 2.17. The molecule has 0 fully saturated rings. The Bertz CT molecular complexity index is 1050. The fourth-order valence-corrected chi connectivity index (χ4v) is 3.21. The summed E-state index contributed by atoms with van der Waals surface area (Å²) in [6, 6.07) is 1.96. The Morgan fingerprint density at radius 2 is 1.68 bits per heavy atom. The van der Waals surface area contributed by atoms with Crippen LogP contribution in [-0.2, 0) is 20.1 Å². The SMILES string of the molecule is CCCn1c(=O)c2c(nc(-n3nc(C)cc3C)n2CCC)n(C)c1=O. The third-order valence-electron chi connectivity index (χ3n) is 4.31. The Balaban J connectivity index is 2.45. The standard InChI is InChI=1S/C17H24N6O2/c1-6-8-21-13-14(18-16(21)23-12(4)10-11(3)19-23)20(5)17(25)22(9-7-2)15(13)24/h10H,6-9H2,1-5H3. The minimum atomic E-state index is -0.333. The minimum Gasteiger partial charge on any atom is -0.302 e. The van der Waals surface area contributed by atoms with E-state index in [-0.39, 0.29) is 11.2 Å². The van der Waals surface area contributed by atoms with Crippen LogP contribution in [0.15, 0.2) is 15.7 Å². The van der Waals surface area contributed by atoms with Gasteiger partial charge < -0.3 is 4.57 Å². The van der Waals surface area contributed by atoms with Crippen molar-refractivity contribution in [2.45, 2.75) is 53.6 Å². The maximum Gasteiger partial charge on any atom is 0.332 e. The zero-order valence-electron chi connectivity index (χ0n) is 15.4. The molecule has 0 N–H and O–H groups in total. The Morgan fingerprint density at radius 3 is 2.24 bits per heavy atom. The van der Waals surface area contributed by atoms with Crippen LogP contribution < -0.4 is 11.2 Å². The lowest BCUT2D eigenvalue weighted by atomic mass is 10.4. The fraction of sp³-hybridized carbons (Fsp3) is 0.529. The summed E-state index contributed by atoms with van der Waals surface area (Å²) in [5.74, 6) is 0.573. The van der Waals surface area contributed by atoms with Crippen LogP contribution >= 0.6 is 0 Å². The maximum absolute atomic E-state index is 13.0. The zero-order chi connectivity index (χ0) is 18.3. The van der Waals surface area contributed by atoms with Crippen molar-refractivity contribution in [2.24, 2.45) is 7.05 Å². The van der Waals surface area contributed by atoms with Crippen LogP contribution in [-0.4, -0.2) is 28.5 Å². The second-order valence-electron chi connectivity index (χ2n) is 6.37. The van der Waals surface area contributed by atoms with Gasteiger partial charge in [0.15, 0.2) is 11.2 Å². The van der Waals surface area contributed by atoms with E-state index in [1.54, 1.807) is 11.7 Å². The molecule has 0 spiro atoms. The van der Waals surface area contributed by atoms with Crippen LogP contribution in [0.4, 0.5) is 0 Å². The number of aromatic nitrogens is 6. The summed E-state index contributed by atoms with van der Waals surface area (Å²) in [5.41, 5.74) is 2.06. The van der Waals surface area contributed by atoms with Crippen LogP contribution in [0.2, 0.25) is 0 Å². The first-order chi connectivity index (χ1) is 11.9. The summed E-state index contributed by atoms with van der Waals surface area (Å²) in [5, 5.41) is 4.50. The molecule has 0 aromatic carbocycles. The number of hydrogen-bond acceptors (Lipinski definition) is 4. The molecule has 3 rings (SSSR count). The molecule has 0 aliphatic rings. The summed E-state index contributed by atoms with van der Waals surface area (Å²) in [6.07, 6.45) is 1.56. The molecule has 0 amide bonds. The van der Waals surface area contributed by atoms with Crippen molar-refractivity contribution < 1.29 is 0 Å². The van der Waals surface area contributed by atoms with Crippen LogP contribution in [0.1, 0.15) is 38.1 Å². The van der Waals surface area contributed by atoms with Crippen molar-refractivity contribution in [3.63, 3.8) is 0 Å². The molecule has 3 aromatic rings. The quantitative estimate of drug-likeness (QED) is 0.703. The van der Waals surface area contributed by atoms with E-state index in [2.05, 4.69) is 10.1 Å². The van der Waals surface area contributed by atoms with Crippen LogP contribution in [0.25, 0.3) is 17.1 Å². The van der Waals surface area contributed by atoms with Gasteiger partial charge in [0.05, 0.1) is 5.69 Å². The topological polar surface area (TPSA) is 79.6 Å². The second kappa shape index (κ2) is 6.34. The zero-order valence-corrected chi connectivity index (χ0v) is 15.4. The van der Waals surface area contributed by atoms with Crippen molar-refractivity contribution in [3.8, 4) is 5.95 Å². The van der Waals surface area contributed by atoms with E-state index < -0.39 is 0 Å². The van der Waals surface area contributed by atoms with Gasteiger partial charge in [-0.1, -0.05) is 13.8 Å². The molecule has 0 radical (unpaired) electrons. The predicted molar refractivity (Wildman–Crippen MR) is 96.4 cm³/mol. The van der Waals surface area contributed by atoms with E-state index in [0.717, 1.165) is 17.8 Å². The Labute approximate surface area is 145 Å². The number of aryl methyl sites for hydroxylation is 4. The smallest absolute Gasteiger partial charge is 0.302 e. The monoisotopic (exact) mass is 344 g/mol. The fourth-order valence-electron chi connectivity index (χ4n) is 3.21. The molecule has 0 saturated heterocycles. The molecule has 0 aliphatic heterocycles. The lowest BCUT2D eigenvalue weighted by Crippen LogP contribution is -2.39. The summed E-state index contributed by atoms with van der Waals surface area (Å²) in [7, 11) is 1.66. The third-order valence-corrected chi connectivity index (χ3v) is 4.31. The van der Waals surface area contributed by atoms with Crippen molar-refractivity contribution in [2.75, 3.05) is 0 Å². The molecule has 8 heteroatoms. The highest BCUT2D eigenvalue weighted by atomic mass is 16.2. The average Bonchev–Trinajstić information content (AvgIpc) is 3.10. The first-order valence-electron chi connectivity index (χ1n) is 8.64. The molecular weight excluding hydrogens is 320 g/mol. The van der Waals surface area contributed by atoms with Gasteiger partial charge in [-0.15, -0.1) is 0 Å². The van der Waals surface area contributed by atoms with Gasteiger partial charge in [0.2, 0.25) is 5.95 Å². The summed E-state index contributed by atoms with van der Waals surface area (Å²) in [6.45, 7) is 8.88. The van der Waals surface area contributed by atoms with Crippen LogP contribution in [0.3, 0.4) is 0 Å². The van der Waals surface area contributed by atoms with Crippen molar-refractivity contribution >= 4 is 11.2 Å². The minimum absolute atomic E-state index is 0.284. The van der Waals surface area contributed by atoms with Gasteiger partial charge in [-0.05, 0) is 32.8 Å². The molecule has 134 valence electrons. The van der Waals surface area contributed by atoms with Crippen molar-refractivity contribution in [3.05, 3.63) is 38.3 Å². The van der Waals surface area contributed by atoms with Crippen LogP contribution in [0, 0.1) is 13.8 Å². The van der Waals surface area contributed by atoms with Gasteiger partial charge >= 0.3 is 5.69 Å². The normalized spacial score (nSPS) is 11.6. The number of nitrogens with zero attached hydrogens (tertiary/aromatic N) is 6. The molecule has 25 heavy (non-hydrogen) atoms. The molecule has 0 atom stereocenters. The molecule has 8 nitrogen and oxygen atoms in total. The number of imidazole rings is 1. The first-order valence-corrected chi connectivity index (χ1v) is 8.64. The van der Waals surface area contributed by atoms with E-state index in [1.165, 1.54) is 9.13 Å². The molecule has 0 bridgehead atoms. The highest BCUT2D eigenvalue weighted by molar-refractivity contribution is 5.72. The van der Waals surface area contributed by atoms with E-state index >= 15 is 0 Å². The summed E-state index contributed by atoms with van der Waals surface area (Å²) in [4.78, 5) is 30.1. The lowest BCUT2D eigenvalue weighted by Gasteiger charge is -2.10. The first kappa shape index (κ1) is 17.2. The number of fused-ring (bicyclic) bond motifs is 1. The Kier molecular flexibility index (Phi) is 4.36. The summed E-state index contributed by atoms with van der Waals surface area (Å²) >= 11 is 0. The highest BCUT2D eigenvalue weighted by Gasteiger charge is 2.21. The maximum atomic E-state index is 13.0. The van der Waals surface area contributed by atoms with Crippen molar-refractivity contribution in [1.29, 1.82) is 0 Å². The molecule has 0 aliphatic carbocycles. The molecular formula is C17H24N6O2. The van der Waals surface area contributed by atoms with E-state index in [0.29, 0.717) is 36.6 Å². The van der Waals surface area contributed by atoms with Gasteiger partial charge in [0.25, 0.3) is 5.56 Å². The molecule has 3 aromatic heterocycles. The van der Waals surface area contributed by atoms with E-state index in [9.17, 15) is 9.59 Å². The molecule has 0 saturated carbocycles. The van der Waals surface area contributed by atoms with Gasteiger partial charge in [0, 0.05) is 25.8 Å². The van der Waals surface area contributed by atoms with E-state index in [4.69, 9.17) is 0 Å². The van der Waals surface area contributed by atoms with Crippen molar-refractivity contribution in [1.82, 2.24) is 28.5 Å². The summed E-state index contributed by atoms with van der Waals surface area (Å²) < 4.78 is 6.36. The lowest BCUT2D eigenvalue weighted by molar-refractivity contribution is 0.587. The Morgan fingerprint density at radius 1 is 1.04 bits per heavy atom. The average molecular weight is 344 g/mol. The predicted octanol–water partition coefficient (Wildman–Crippen LogP) is 1.52. The Hall–Kier alpha value is -2.64. The second-order valence-corrected chi connectivity index (χ2v) is 6.37. The van der Waals surface area contributed by atoms with Gasteiger partial charge in [-0.3, -0.25) is 13.9 Å². The van der Waals surface area contributed by atoms with Gasteiger partial charge in [-0.25, -0.2) is 9.48 Å². The number of rotatable bonds is 5. The largest absolute Gasteiger partial charge is 0.332 e. The molecule has 3 heterocycles. The van der Waals surface area contributed by atoms with Gasteiger partial charge in [-0.2, -0.15) is 10.1 Å². The third kappa shape index (κ3) is 2.61. The number of hydrogen-bond donors (Lipinski definition) is 0. The van der Waals surface area contributed by atoms with Crippen LogP contribution in [0.5, 0.6) is 0 Å². The van der Waals surface area contributed by atoms with E-state index in [1.807, 2.05) is 38.3 Å². The van der Waals surface area contributed by atoms with Gasteiger partial charge in [0.1, 0.15) is 0 Å². The molecule has 0 unspecified atom stereocenters.